The topological polar surface area (TPSA) is 91.3 Å². The standard InChI is InChI=1S/C16H21F3N6OS2.HI/c1-3-20-15(22-5-4-12-25-11(8-27-12)16(17,18)19)23-7-6-21-14(26)13-10(2)24-9-28-13;/h8-9H,3-7H2,1-2H3,(H,21,26)(H2,20,22,23);1H. The third-order valence-electron chi connectivity index (χ3n) is 3.44. The normalized spacial score (nSPS) is 11.7. The van der Waals surface area contributed by atoms with Crippen LogP contribution in [0.2, 0.25) is 0 Å². The summed E-state index contributed by atoms with van der Waals surface area (Å²) >= 11 is 2.26. The molecule has 0 aliphatic carbocycles. The summed E-state index contributed by atoms with van der Waals surface area (Å²) in [6.07, 6.45) is -4.10. The van der Waals surface area contributed by atoms with Crippen molar-refractivity contribution in [3.05, 3.63) is 32.2 Å². The smallest absolute Gasteiger partial charge is 0.357 e. The molecule has 0 aliphatic rings. The van der Waals surface area contributed by atoms with Gasteiger partial charge in [0.25, 0.3) is 5.91 Å². The predicted octanol–water partition coefficient (Wildman–Crippen LogP) is 3.07. The van der Waals surface area contributed by atoms with Crippen molar-refractivity contribution in [2.24, 2.45) is 4.99 Å². The number of rotatable bonds is 8. The number of alkyl halides is 3. The number of carbonyl (C=O) groups is 1. The molecule has 162 valence electrons. The summed E-state index contributed by atoms with van der Waals surface area (Å²) < 4.78 is 37.7. The van der Waals surface area contributed by atoms with Crippen molar-refractivity contribution in [3.8, 4) is 0 Å². The van der Waals surface area contributed by atoms with Crippen LogP contribution >= 0.6 is 46.7 Å². The maximum atomic E-state index is 12.6. The van der Waals surface area contributed by atoms with Crippen LogP contribution in [0.25, 0.3) is 0 Å². The molecule has 0 bridgehead atoms. The second kappa shape index (κ2) is 12.3. The number of thiazole rings is 2. The number of hydrogen-bond acceptors (Lipinski definition) is 6. The minimum absolute atomic E-state index is 0. The zero-order valence-corrected chi connectivity index (χ0v) is 19.8. The number of halogens is 4. The van der Waals surface area contributed by atoms with Gasteiger partial charge in [0, 0.05) is 38.0 Å². The van der Waals surface area contributed by atoms with E-state index in [1.54, 1.807) is 12.4 Å². The Hall–Kier alpha value is -1.48. The van der Waals surface area contributed by atoms with E-state index in [1.807, 2.05) is 6.92 Å². The number of guanidine groups is 1. The highest BCUT2D eigenvalue weighted by atomic mass is 127. The lowest BCUT2D eigenvalue weighted by atomic mass is 10.4. The molecule has 2 aromatic rings. The molecule has 2 aromatic heterocycles. The van der Waals surface area contributed by atoms with Gasteiger partial charge < -0.3 is 16.0 Å². The minimum Gasteiger partial charge on any atom is -0.357 e. The van der Waals surface area contributed by atoms with Gasteiger partial charge in [-0.15, -0.1) is 46.7 Å². The maximum Gasteiger partial charge on any atom is 0.434 e. The number of nitrogens with zero attached hydrogens (tertiary/aromatic N) is 3. The maximum absolute atomic E-state index is 12.6. The monoisotopic (exact) mass is 562 g/mol. The van der Waals surface area contributed by atoms with E-state index in [-0.39, 0.29) is 29.9 Å². The van der Waals surface area contributed by atoms with Crippen molar-refractivity contribution in [3.63, 3.8) is 0 Å². The van der Waals surface area contributed by atoms with E-state index in [0.717, 1.165) is 16.7 Å². The van der Waals surface area contributed by atoms with Crippen molar-refractivity contribution in [1.29, 1.82) is 0 Å². The first-order valence-corrected chi connectivity index (χ1v) is 10.3. The SMILES string of the molecule is CCNC(=NCCc1nc(C(F)(F)F)cs1)NCCNC(=O)c1scnc1C.I. The molecule has 0 fully saturated rings. The summed E-state index contributed by atoms with van der Waals surface area (Å²) in [5, 5.41) is 10.3. The lowest BCUT2D eigenvalue weighted by Gasteiger charge is -2.11. The summed E-state index contributed by atoms with van der Waals surface area (Å²) in [6, 6.07) is 0. The summed E-state index contributed by atoms with van der Waals surface area (Å²) in [5.41, 5.74) is 1.45. The van der Waals surface area contributed by atoms with Gasteiger partial charge in [0.1, 0.15) is 4.88 Å². The van der Waals surface area contributed by atoms with E-state index in [0.29, 0.717) is 54.1 Å². The van der Waals surface area contributed by atoms with E-state index in [1.165, 1.54) is 11.3 Å². The molecule has 0 aromatic carbocycles. The van der Waals surface area contributed by atoms with E-state index < -0.39 is 11.9 Å². The minimum atomic E-state index is -4.42. The van der Waals surface area contributed by atoms with Gasteiger partial charge in [-0.2, -0.15) is 13.2 Å². The van der Waals surface area contributed by atoms with E-state index in [9.17, 15) is 18.0 Å². The van der Waals surface area contributed by atoms with Crippen LogP contribution in [0.5, 0.6) is 0 Å². The van der Waals surface area contributed by atoms with Crippen LogP contribution in [0.15, 0.2) is 15.9 Å². The number of aliphatic imine (C=N–C) groups is 1. The molecule has 0 spiro atoms. The summed E-state index contributed by atoms with van der Waals surface area (Å²) in [5.74, 6) is 0.353. The van der Waals surface area contributed by atoms with Crippen molar-refractivity contribution < 1.29 is 18.0 Å². The lowest BCUT2D eigenvalue weighted by Crippen LogP contribution is -2.41. The Morgan fingerprint density at radius 3 is 2.52 bits per heavy atom. The molecule has 1 amide bonds. The van der Waals surface area contributed by atoms with Gasteiger partial charge in [-0.1, -0.05) is 0 Å². The first-order chi connectivity index (χ1) is 13.3. The zero-order chi connectivity index (χ0) is 20.6. The molecule has 0 atom stereocenters. The Morgan fingerprint density at radius 1 is 1.21 bits per heavy atom. The van der Waals surface area contributed by atoms with Crippen LogP contribution in [0.4, 0.5) is 13.2 Å². The molecule has 7 nitrogen and oxygen atoms in total. The van der Waals surface area contributed by atoms with E-state index in [4.69, 9.17) is 0 Å². The van der Waals surface area contributed by atoms with Gasteiger partial charge in [-0.25, -0.2) is 9.97 Å². The number of aryl methyl sites for hydroxylation is 1. The number of nitrogens with one attached hydrogen (secondary N) is 3. The van der Waals surface area contributed by atoms with Crippen LogP contribution in [-0.4, -0.2) is 48.0 Å². The molecule has 3 N–H and O–H groups in total. The van der Waals surface area contributed by atoms with Gasteiger partial charge in [0.05, 0.1) is 16.2 Å². The van der Waals surface area contributed by atoms with Crippen LogP contribution in [-0.2, 0) is 12.6 Å². The van der Waals surface area contributed by atoms with Gasteiger partial charge in [0.2, 0.25) is 0 Å². The Labute approximate surface area is 191 Å². The van der Waals surface area contributed by atoms with Crippen molar-refractivity contribution in [1.82, 2.24) is 25.9 Å². The first-order valence-electron chi connectivity index (χ1n) is 8.53. The van der Waals surface area contributed by atoms with Crippen molar-refractivity contribution in [2.75, 3.05) is 26.2 Å². The second-order valence-corrected chi connectivity index (χ2v) is 7.38. The number of amides is 1. The predicted molar refractivity (Wildman–Crippen MR) is 119 cm³/mol. The summed E-state index contributed by atoms with van der Waals surface area (Å²) in [7, 11) is 0. The summed E-state index contributed by atoms with van der Waals surface area (Å²) in [6.45, 7) is 5.45. The lowest BCUT2D eigenvalue weighted by molar-refractivity contribution is -0.140. The van der Waals surface area contributed by atoms with E-state index >= 15 is 0 Å². The first kappa shape index (κ1) is 25.6. The van der Waals surface area contributed by atoms with E-state index in [2.05, 4.69) is 30.9 Å². The Kier molecular flexibility index (Phi) is 10.8. The fourth-order valence-electron chi connectivity index (χ4n) is 2.12. The molecule has 0 aliphatic heterocycles. The molecule has 2 rings (SSSR count). The highest BCUT2D eigenvalue weighted by molar-refractivity contribution is 14.0. The molecular formula is C16H22F3IN6OS2. The average molecular weight is 562 g/mol. The molecule has 29 heavy (non-hydrogen) atoms. The van der Waals surface area contributed by atoms with Crippen LogP contribution in [0, 0.1) is 6.92 Å². The molecule has 0 saturated carbocycles. The van der Waals surface area contributed by atoms with Gasteiger partial charge in [-0.05, 0) is 13.8 Å². The van der Waals surface area contributed by atoms with Crippen LogP contribution in [0.1, 0.15) is 33.0 Å². The van der Waals surface area contributed by atoms with Crippen LogP contribution in [0.3, 0.4) is 0 Å². The van der Waals surface area contributed by atoms with Gasteiger partial charge in [-0.3, -0.25) is 9.79 Å². The number of aromatic nitrogens is 2. The molecular weight excluding hydrogens is 540 g/mol. The third-order valence-corrected chi connectivity index (χ3v) is 5.27. The van der Waals surface area contributed by atoms with Crippen molar-refractivity contribution in [2.45, 2.75) is 26.4 Å². The fourth-order valence-corrected chi connectivity index (χ4v) is 3.63. The van der Waals surface area contributed by atoms with Gasteiger partial charge in [0.15, 0.2) is 11.7 Å². The molecule has 0 saturated heterocycles. The summed E-state index contributed by atoms with van der Waals surface area (Å²) in [4.78, 5) is 24.5. The number of hydrogen-bond donors (Lipinski definition) is 3. The quantitative estimate of drug-likeness (QED) is 0.199. The fraction of sp³-hybridized carbons (Fsp3) is 0.500. The largest absolute Gasteiger partial charge is 0.434 e. The Bertz CT molecular complexity index is 809. The van der Waals surface area contributed by atoms with Crippen LogP contribution < -0.4 is 16.0 Å². The molecule has 2 heterocycles. The molecule has 0 radical (unpaired) electrons. The second-order valence-electron chi connectivity index (χ2n) is 5.58. The molecule has 13 heteroatoms. The average Bonchev–Trinajstić information content (AvgIpc) is 3.27. The van der Waals surface area contributed by atoms with Gasteiger partial charge >= 0.3 is 6.18 Å². The Morgan fingerprint density at radius 2 is 1.93 bits per heavy atom. The highest BCUT2D eigenvalue weighted by Crippen LogP contribution is 2.30. The number of carbonyl (C=O) groups excluding carboxylic acids is 1. The zero-order valence-electron chi connectivity index (χ0n) is 15.8. The Balaban J connectivity index is 0.00000420. The third kappa shape index (κ3) is 8.42. The van der Waals surface area contributed by atoms with Crippen molar-refractivity contribution >= 4 is 58.5 Å². The highest BCUT2D eigenvalue weighted by Gasteiger charge is 2.33. The molecule has 0 unspecified atom stereocenters.